The molecule has 0 aliphatic rings. The number of anilines is 1. The molecule has 0 aromatic heterocycles. The summed E-state index contributed by atoms with van der Waals surface area (Å²) in [7, 11) is 0. The third-order valence-corrected chi connectivity index (χ3v) is 3.64. The maximum atomic E-state index is 6.29. The zero-order chi connectivity index (χ0) is 20.6. The number of hydrogen-bond donors (Lipinski definition) is 1. The zero-order valence-electron chi connectivity index (χ0n) is 19.1. The molecule has 0 saturated heterocycles. The van der Waals surface area contributed by atoms with Crippen LogP contribution in [0.3, 0.4) is 0 Å². The second-order valence-corrected chi connectivity index (χ2v) is 7.93. The van der Waals surface area contributed by atoms with Crippen molar-refractivity contribution in [2.75, 3.05) is 5.73 Å². The number of ether oxygens (including phenoxy) is 1. The van der Waals surface area contributed by atoms with Gasteiger partial charge in [0.1, 0.15) is 11.5 Å². The van der Waals surface area contributed by atoms with Crippen LogP contribution in [0.25, 0.3) is 0 Å². The summed E-state index contributed by atoms with van der Waals surface area (Å²) in [6.45, 7) is 14.6. The van der Waals surface area contributed by atoms with Gasteiger partial charge in [-0.3, -0.25) is 0 Å². The summed E-state index contributed by atoms with van der Waals surface area (Å²) in [4.78, 5) is 4.37. The summed E-state index contributed by atoms with van der Waals surface area (Å²) >= 11 is 6.29. The van der Waals surface area contributed by atoms with Crippen LogP contribution >= 0.6 is 11.6 Å². The molecule has 0 amide bonds. The fraction of sp³-hybridized carbons (Fsp3) is 0.417. The Hall–Kier alpha value is -0.948. The van der Waals surface area contributed by atoms with Crippen LogP contribution in [0.15, 0.2) is 35.3 Å². The summed E-state index contributed by atoms with van der Waals surface area (Å²) in [6.07, 6.45) is 3.85. The topological polar surface area (TPSA) is 47.6 Å². The van der Waals surface area contributed by atoms with Crippen molar-refractivity contribution in [2.45, 2.75) is 54.9 Å². The average molecular weight is 641 g/mol. The summed E-state index contributed by atoms with van der Waals surface area (Å²) in [5, 5.41) is 0.523. The van der Waals surface area contributed by atoms with E-state index in [1.54, 1.807) is 6.07 Å². The van der Waals surface area contributed by atoms with Crippen LogP contribution in [0.1, 0.15) is 52.7 Å². The predicted octanol–water partition coefficient (Wildman–Crippen LogP) is 7.93. The van der Waals surface area contributed by atoms with Gasteiger partial charge in [-0.25, -0.2) is 0 Å². The Morgan fingerprint density at radius 1 is 1.10 bits per heavy atom. The van der Waals surface area contributed by atoms with Crippen molar-refractivity contribution in [3.63, 3.8) is 0 Å². The summed E-state index contributed by atoms with van der Waals surface area (Å²) in [5.41, 5.74) is 9.39. The Labute approximate surface area is 206 Å². The van der Waals surface area contributed by atoms with Gasteiger partial charge in [-0.1, -0.05) is 71.7 Å². The van der Waals surface area contributed by atoms with E-state index in [-0.39, 0.29) is 38.5 Å². The molecule has 0 atom stereocenters. The molecule has 3 nitrogen and oxygen atoms in total. The average Bonchev–Trinajstić information content (AvgIpc) is 2.55. The molecule has 5 heteroatoms. The molecular formula is C24H35ClN2OU. The minimum absolute atomic E-state index is 0. The first-order chi connectivity index (χ1) is 12.6. The number of aryl methyl sites for hydroxylation is 2. The Morgan fingerprint density at radius 3 is 2.17 bits per heavy atom. The number of rotatable bonds is 5. The van der Waals surface area contributed by atoms with Gasteiger partial charge in [0.2, 0.25) is 0 Å². The molecule has 0 fully saturated rings. The first kappa shape index (κ1) is 30.2. The van der Waals surface area contributed by atoms with Crippen molar-refractivity contribution < 1.29 is 35.9 Å². The monoisotopic (exact) mass is 640 g/mol. The van der Waals surface area contributed by atoms with Gasteiger partial charge in [-0.15, -0.1) is 11.6 Å². The first-order valence-electron chi connectivity index (χ1n) is 9.46. The number of benzene rings is 2. The predicted molar refractivity (Wildman–Crippen MR) is 125 cm³/mol. The summed E-state index contributed by atoms with van der Waals surface area (Å²) in [6, 6.07) is 9.37. The van der Waals surface area contributed by atoms with Crippen LogP contribution < -0.4 is 10.5 Å². The van der Waals surface area contributed by atoms with Gasteiger partial charge in [0.15, 0.2) is 0 Å². The molecule has 0 saturated carbocycles. The van der Waals surface area contributed by atoms with E-state index >= 15 is 0 Å². The van der Waals surface area contributed by atoms with E-state index in [0.29, 0.717) is 22.4 Å². The SMILES string of the molecule is CC(C)C.CCc1cc(N)cc(Cl)c1Oc1ccc(N=[C-]C(C)C)c(C)c1.[CH3-].[U+2]. The van der Waals surface area contributed by atoms with Crippen molar-refractivity contribution in [2.24, 2.45) is 16.8 Å². The van der Waals surface area contributed by atoms with Crippen LogP contribution in [-0.2, 0) is 6.42 Å². The van der Waals surface area contributed by atoms with Gasteiger partial charge in [-0.2, -0.15) is 6.21 Å². The first-order valence-corrected chi connectivity index (χ1v) is 9.84. The molecule has 158 valence electrons. The van der Waals surface area contributed by atoms with Gasteiger partial charge in [0.05, 0.1) is 5.02 Å². The Kier molecular flexibility index (Phi) is 15.6. The Bertz CT molecular complexity index is 771. The largest absolute Gasteiger partial charge is 2.00 e. The molecule has 29 heavy (non-hydrogen) atoms. The summed E-state index contributed by atoms with van der Waals surface area (Å²) in [5.74, 6) is 2.52. The van der Waals surface area contributed by atoms with E-state index in [9.17, 15) is 0 Å². The van der Waals surface area contributed by atoms with E-state index in [0.717, 1.165) is 34.9 Å². The number of aliphatic imine (C=N–C) groups is 1. The molecule has 0 spiro atoms. The van der Waals surface area contributed by atoms with E-state index in [4.69, 9.17) is 22.1 Å². The molecule has 2 N–H and O–H groups in total. The van der Waals surface area contributed by atoms with Gasteiger partial charge >= 0.3 is 31.1 Å². The van der Waals surface area contributed by atoms with Crippen LogP contribution in [0.2, 0.25) is 5.02 Å². The Balaban J connectivity index is 0. The summed E-state index contributed by atoms with van der Waals surface area (Å²) < 4.78 is 6.00. The minimum atomic E-state index is 0. The molecular weight excluding hydrogens is 606 g/mol. The molecule has 2 rings (SSSR count). The second-order valence-electron chi connectivity index (χ2n) is 7.52. The number of hydrogen-bond acceptors (Lipinski definition) is 3. The van der Waals surface area contributed by atoms with Crippen molar-refractivity contribution in [1.82, 2.24) is 0 Å². The number of nitrogens with two attached hydrogens (primary N) is 1. The molecule has 2 aromatic carbocycles. The van der Waals surface area contributed by atoms with Crippen molar-refractivity contribution in [1.29, 1.82) is 0 Å². The fourth-order valence-electron chi connectivity index (χ4n) is 2.18. The van der Waals surface area contributed by atoms with Crippen molar-refractivity contribution in [3.05, 3.63) is 53.9 Å². The fourth-order valence-corrected chi connectivity index (χ4v) is 2.47. The quantitative estimate of drug-likeness (QED) is 0.205. The number of nitrogens with zero attached hydrogens (tertiary/aromatic N) is 1. The van der Waals surface area contributed by atoms with E-state index < -0.39 is 0 Å². The number of nitrogen functional groups attached to an aromatic ring is 1. The van der Waals surface area contributed by atoms with Crippen LogP contribution in [0.4, 0.5) is 11.4 Å². The molecule has 2 aromatic rings. The van der Waals surface area contributed by atoms with Crippen molar-refractivity contribution >= 4 is 29.2 Å². The van der Waals surface area contributed by atoms with E-state index in [1.165, 1.54) is 0 Å². The van der Waals surface area contributed by atoms with Gasteiger partial charge in [-0.05, 0) is 42.2 Å². The third-order valence-electron chi connectivity index (χ3n) is 3.36. The van der Waals surface area contributed by atoms with E-state index in [1.807, 2.05) is 52.0 Å². The van der Waals surface area contributed by atoms with Crippen LogP contribution in [0, 0.1) is 57.3 Å². The normalized spacial score (nSPS) is 10.3. The molecule has 0 aliphatic carbocycles. The maximum Gasteiger partial charge on any atom is 2.00 e. The second kappa shape index (κ2) is 14.9. The molecule has 0 heterocycles. The van der Waals surface area contributed by atoms with Crippen LogP contribution in [0.5, 0.6) is 11.5 Å². The molecule has 0 bridgehead atoms. The maximum absolute atomic E-state index is 6.29. The molecule has 0 radical (unpaired) electrons. The van der Waals surface area contributed by atoms with Gasteiger partial charge in [0.25, 0.3) is 0 Å². The standard InChI is InChI=1S/C19H22ClN2O.C4H10.CH3.U/c1-5-14-9-15(21)10-17(20)19(14)23-16-6-7-18(13(4)8-16)22-11-12(2)3;1-4(2)3;;/h6-10,12H,5,21H2,1-4H3;4H,1-3H3;1H3;/q-1;;-1;+2. The van der Waals surface area contributed by atoms with Crippen LogP contribution in [-0.4, -0.2) is 6.21 Å². The minimum Gasteiger partial charge on any atom is -0.456 e. The number of halogens is 1. The van der Waals surface area contributed by atoms with Gasteiger partial charge in [0, 0.05) is 5.69 Å². The molecule has 0 unspecified atom stereocenters. The van der Waals surface area contributed by atoms with Gasteiger partial charge < -0.3 is 22.9 Å². The smallest absolute Gasteiger partial charge is 0.456 e. The molecule has 0 aliphatic heterocycles. The zero-order valence-corrected chi connectivity index (χ0v) is 24.0. The van der Waals surface area contributed by atoms with E-state index in [2.05, 4.69) is 32.0 Å². The third kappa shape index (κ3) is 11.1. The Morgan fingerprint density at radius 2 is 1.69 bits per heavy atom. The van der Waals surface area contributed by atoms with Crippen molar-refractivity contribution in [3.8, 4) is 11.5 Å².